The SMILES string of the molecule is Nc1ncnc2c1ncn2[C@@H]1OC(COC(=O)c2ccc(C=O)c(C=O)c2)[C@@H](O)C1O. The number of aliphatic hydroxyl groups is 2. The Morgan fingerprint density at radius 2 is 1.94 bits per heavy atom. The highest BCUT2D eigenvalue weighted by atomic mass is 16.6. The third-order valence-corrected chi connectivity index (χ3v) is 4.95. The molecule has 2 unspecified atom stereocenters. The second kappa shape index (κ2) is 8.18. The molecule has 0 amide bonds. The summed E-state index contributed by atoms with van der Waals surface area (Å²) in [6.07, 6.45) is -1.27. The van der Waals surface area contributed by atoms with Gasteiger partial charge >= 0.3 is 5.97 Å². The van der Waals surface area contributed by atoms with Gasteiger partial charge in [-0.15, -0.1) is 0 Å². The van der Waals surface area contributed by atoms with Gasteiger partial charge in [0.25, 0.3) is 0 Å². The second-order valence-electron chi connectivity index (χ2n) is 6.81. The number of aromatic nitrogens is 4. The van der Waals surface area contributed by atoms with E-state index in [-0.39, 0.29) is 29.1 Å². The first-order valence-electron chi connectivity index (χ1n) is 9.10. The molecule has 12 nitrogen and oxygen atoms in total. The number of anilines is 1. The van der Waals surface area contributed by atoms with Crippen LogP contribution in [0.2, 0.25) is 0 Å². The predicted molar refractivity (Wildman–Crippen MR) is 103 cm³/mol. The van der Waals surface area contributed by atoms with Gasteiger partial charge in [-0.2, -0.15) is 0 Å². The van der Waals surface area contributed by atoms with Gasteiger partial charge in [-0.05, 0) is 12.1 Å². The average molecular weight is 427 g/mol. The van der Waals surface area contributed by atoms with Crippen molar-refractivity contribution in [3.8, 4) is 0 Å². The lowest BCUT2D eigenvalue weighted by Crippen LogP contribution is -2.34. The summed E-state index contributed by atoms with van der Waals surface area (Å²) in [5.74, 6) is -0.638. The predicted octanol–water partition coefficient (Wildman–Crippen LogP) is -0.490. The number of aldehydes is 2. The van der Waals surface area contributed by atoms with Crippen LogP contribution in [0.15, 0.2) is 30.9 Å². The number of fused-ring (bicyclic) bond motifs is 1. The fourth-order valence-corrected chi connectivity index (χ4v) is 3.31. The van der Waals surface area contributed by atoms with E-state index in [9.17, 15) is 24.6 Å². The minimum atomic E-state index is -1.36. The summed E-state index contributed by atoms with van der Waals surface area (Å²) in [7, 11) is 0. The van der Waals surface area contributed by atoms with Gasteiger partial charge in [0.2, 0.25) is 0 Å². The number of hydrogen-bond acceptors (Lipinski definition) is 11. The number of nitrogens with two attached hydrogens (primary N) is 1. The van der Waals surface area contributed by atoms with E-state index < -0.39 is 30.5 Å². The molecular formula is C19H17N5O7. The summed E-state index contributed by atoms with van der Waals surface area (Å²) in [5, 5.41) is 20.8. The molecule has 2 aromatic heterocycles. The number of nitrogen functional groups attached to an aromatic ring is 1. The smallest absolute Gasteiger partial charge is 0.338 e. The van der Waals surface area contributed by atoms with Crippen molar-refractivity contribution in [2.45, 2.75) is 24.5 Å². The molecule has 1 aromatic carbocycles. The van der Waals surface area contributed by atoms with Crippen LogP contribution in [0.5, 0.6) is 0 Å². The molecule has 4 N–H and O–H groups in total. The molecule has 12 heteroatoms. The molecule has 31 heavy (non-hydrogen) atoms. The molecule has 160 valence electrons. The maximum absolute atomic E-state index is 12.3. The van der Waals surface area contributed by atoms with Crippen LogP contribution in [0.3, 0.4) is 0 Å². The number of imidazole rings is 1. The van der Waals surface area contributed by atoms with Crippen LogP contribution in [0.4, 0.5) is 5.82 Å². The topological polar surface area (TPSA) is 180 Å². The van der Waals surface area contributed by atoms with E-state index in [1.807, 2.05) is 0 Å². The molecule has 3 heterocycles. The van der Waals surface area contributed by atoms with Gasteiger partial charge in [-0.3, -0.25) is 14.2 Å². The molecular weight excluding hydrogens is 410 g/mol. The Balaban J connectivity index is 1.47. The number of nitrogens with zero attached hydrogens (tertiary/aromatic N) is 4. The maximum Gasteiger partial charge on any atom is 0.338 e. The molecule has 0 spiro atoms. The first-order valence-corrected chi connectivity index (χ1v) is 9.10. The van der Waals surface area contributed by atoms with E-state index in [1.165, 1.54) is 35.4 Å². The minimum Gasteiger partial charge on any atom is -0.459 e. The molecule has 1 aliphatic rings. The van der Waals surface area contributed by atoms with Gasteiger partial charge in [0.15, 0.2) is 30.3 Å². The Kier molecular flexibility index (Phi) is 5.42. The van der Waals surface area contributed by atoms with E-state index in [1.54, 1.807) is 0 Å². The number of benzene rings is 1. The van der Waals surface area contributed by atoms with Gasteiger partial charge in [0, 0.05) is 11.1 Å². The van der Waals surface area contributed by atoms with Crippen molar-refractivity contribution in [3.05, 3.63) is 47.5 Å². The summed E-state index contributed by atoms with van der Waals surface area (Å²) < 4.78 is 12.3. The molecule has 1 fully saturated rings. The van der Waals surface area contributed by atoms with Gasteiger partial charge in [-0.1, -0.05) is 6.07 Å². The summed E-state index contributed by atoms with van der Waals surface area (Å²) in [6, 6.07) is 3.89. The number of ether oxygens (including phenoxy) is 2. The van der Waals surface area contributed by atoms with E-state index in [4.69, 9.17) is 15.2 Å². The number of carbonyl (C=O) groups is 3. The second-order valence-corrected chi connectivity index (χ2v) is 6.81. The number of hydrogen-bond donors (Lipinski definition) is 3. The highest BCUT2D eigenvalue weighted by Gasteiger charge is 2.45. The average Bonchev–Trinajstić information content (AvgIpc) is 3.33. The standard InChI is InChI=1S/C19H17N5O7/c20-16-13-17(22-7-21-16)24(8-23-13)18-15(28)14(27)12(31-18)6-30-19(29)9-1-2-10(4-25)11(3-9)5-26/h1-5,7-8,12,14-15,18,27-28H,6H2,(H2,20,21,22)/t12?,14-,15?,18-/m1/s1. The lowest BCUT2D eigenvalue weighted by Gasteiger charge is -2.16. The van der Waals surface area contributed by atoms with Crippen molar-refractivity contribution in [1.82, 2.24) is 19.5 Å². The quantitative estimate of drug-likeness (QED) is 0.341. The highest BCUT2D eigenvalue weighted by molar-refractivity contribution is 5.96. The maximum atomic E-state index is 12.3. The summed E-state index contributed by atoms with van der Waals surface area (Å²) in [6.45, 7) is -0.372. The van der Waals surface area contributed by atoms with Crippen molar-refractivity contribution in [2.75, 3.05) is 12.3 Å². The van der Waals surface area contributed by atoms with Crippen LogP contribution in [-0.2, 0) is 9.47 Å². The number of esters is 1. The summed E-state index contributed by atoms with van der Waals surface area (Å²) >= 11 is 0. The van der Waals surface area contributed by atoms with E-state index >= 15 is 0 Å². The zero-order valence-electron chi connectivity index (χ0n) is 15.9. The first kappa shape index (κ1) is 20.5. The van der Waals surface area contributed by atoms with Crippen LogP contribution >= 0.6 is 0 Å². The monoisotopic (exact) mass is 427 g/mol. The first-order chi connectivity index (χ1) is 14.9. The fourth-order valence-electron chi connectivity index (χ4n) is 3.31. The molecule has 0 bridgehead atoms. The zero-order valence-corrected chi connectivity index (χ0v) is 15.9. The van der Waals surface area contributed by atoms with Crippen LogP contribution < -0.4 is 5.73 Å². The Morgan fingerprint density at radius 1 is 1.16 bits per heavy atom. The Hall–Kier alpha value is -3.74. The molecule has 1 saturated heterocycles. The summed E-state index contributed by atoms with van der Waals surface area (Å²) in [5.41, 5.74) is 6.61. The highest BCUT2D eigenvalue weighted by Crippen LogP contribution is 2.32. The normalized spacial score (nSPS) is 23.0. The van der Waals surface area contributed by atoms with Gasteiger partial charge in [0.1, 0.15) is 36.8 Å². The number of aliphatic hydroxyl groups excluding tert-OH is 2. The Bertz CT molecular complexity index is 1160. The number of carbonyl (C=O) groups excluding carboxylic acids is 3. The van der Waals surface area contributed by atoms with Gasteiger partial charge < -0.3 is 25.4 Å². The molecule has 3 aromatic rings. The van der Waals surface area contributed by atoms with Crippen LogP contribution in [0, 0.1) is 0 Å². The lowest BCUT2D eigenvalue weighted by atomic mass is 10.1. The van der Waals surface area contributed by atoms with Crippen LogP contribution in [0.1, 0.15) is 37.3 Å². The van der Waals surface area contributed by atoms with Crippen molar-refractivity contribution in [3.63, 3.8) is 0 Å². The zero-order chi connectivity index (χ0) is 22.1. The van der Waals surface area contributed by atoms with Crippen molar-refractivity contribution >= 4 is 35.5 Å². The molecule has 4 rings (SSSR count). The summed E-state index contributed by atoms with van der Waals surface area (Å²) in [4.78, 5) is 46.3. The molecule has 1 aliphatic heterocycles. The molecule has 4 atom stereocenters. The molecule has 0 saturated carbocycles. The minimum absolute atomic E-state index is 0.0464. The van der Waals surface area contributed by atoms with Crippen LogP contribution in [0.25, 0.3) is 11.2 Å². The van der Waals surface area contributed by atoms with Crippen molar-refractivity contribution in [2.24, 2.45) is 0 Å². The third-order valence-electron chi connectivity index (χ3n) is 4.95. The van der Waals surface area contributed by atoms with Crippen molar-refractivity contribution < 1.29 is 34.1 Å². The lowest BCUT2D eigenvalue weighted by molar-refractivity contribution is -0.0565. The fraction of sp³-hybridized carbons (Fsp3) is 0.263. The Morgan fingerprint density at radius 3 is 2.68 bits per heavy atom. The molecule has 0 radical (unpaired) electrons. The Labute approximate surface area is 174 Å². The number of rotatable bonds is 6. The van der Waals surface area contributed by atoms with Gasteiger partial charge in [0.05, 0.1) is 11.9 Å². The van der Waals surface area contributed by atoms with Gasteiger partial charge in [-0.25, -0.2) is 19.7 Å². The van der Waals surface area contributed by atoms with Crippen molar-refractivity contribution in [1.29, 1.82) is 0 Å². The van der Waals surface area contributed by atoms with E-state index in [2.05, 4.69) is 15.0 Å². The largest absolute Gasteiger partial charge is 0.459 e. The van der Waals surface area contributed by atoms with E-state index in [0.29, 0.717) is 23.7 Å². The third kappa shape index (κ3) is 3.63. The molecule has 0 aliphatic carbocycles. The van der Waals surface area contributed by atoms with Crippen LogP contribution in [-0.4, -0.2) is 73.2 Å². The van der Waals surface area contributed by atoms with E-state index in [0.717, 1.165) is 0 Å².